The van der Waals surface area contributed by atoms with Crippen molar-refractivity contribution in [2.75, 3.05) is 0 Å². The summed E-state index contributed by atoms with van der Waals surface area (Å²) in [6.45, 7) is 0. The lowest BCUT2D eigenvalue weighted by atomic mass is 9.99. The van der Waals surface area contributed by atoms with E-state index in [2.05, 4.69) is 23.2 Å². The fraction of sp³-hybridized carbons (Fsp3) is 0. The Morgan fingerprint density at radius 3 is 2.50 bits per heavy atom. The number of pyridine rings is 1. The molecule has 0 N–H and O–H groups in total. The Bertz CT molecular complexity index is 717. The van der Waals surface area contributed by atoms with Crippen LogP contribution in [0.1, 0.15) is 0 Å². The van der Waals surface area contributed by atoms with Crippen LogP contribution in [0.4, 0.5) is 0 Å². The molecule has 88 valence electrons. The first kappa shape index (κ1) is 11.5. The standard InChI is InChI=1S/C15H9Cl2N/c16-14-9-18-15(17)8-13(14)12-7-3-5-10-4-1-2-6-11(10)12/h1-9H. The molecule has 1 nitrogen and oxygen atoms in total. The van der Waals surface area contributed by atoms with Crippen LogP contribution in [0.3, 0.4) is 0 Å². The van der Waals surface area contributed by atoms with Gasteiger partial charge in [-0.1, -0.05) is 65.7 Å². The van der Waals surface area contributed by atoms with Gasteiger partial charge in [-0.2, -0.15) is 0 Å². The van der Waals surface area contributed by atoms with Crippen molar-refractivity contribution >= 4 is 34.0 Å². The van der Waals surface area contributed by atoms with E-state index in [1.165, 1.54) is 5.39 Å². The molecule has 0 unspecified atom stereocenters. The fourth-order valence-electron chi connectivity index (χ4n) is 2.08. The molecule has 0 fully saturated rings. The summed E-state index contributed by atoms with van der Waals surface area (Å²) in [6, 6.07) is 16.1. The quantitative estimate of drug-likeness (QED) is 0.555. The topological polar surface area (TPSA) is 12.9 Å². The van der Waals surface area contributed by atoms with E-state index in [4.69, 9.17) is 23.2 Å². The van der Waals surface area contributed by atoms with Gasteiger partial charge in [0.2, 0.25) is 0 Å². The van der Waals surface area contributed by atoms with Crippen molar-refractivity contribution in [2.24, 2.45) is 0 Å². The first-order valence-corrected chi connectivity index (χ1v) is 6.30. The van der Waals surface area contributed by atoms with Crippen molar-refractivity contribution in [3.63, 3.8) is 0 Å². The molecule has 1 aromatic heterocycles. The Morgan fingerprint density at radius 1 is 0.833 bits per heavy atom. The van der Waals surface area contributed by atoms with Crippen molar-refractivity contribution in [3.8, 4) is 11.1 Å². The van der Waals surface area contributed by atoms with E-state index in [0.717, 1.165) is 16.5 Å². The summed E-state index contributed by atoms with van der Waals surface area (Å²) in [4.78, 5) is 3.98. The molecule has 0 aliphatic carbocycles. The zero-order chi connectivity index (χ0) is 12.5. The zero-order valence-electron chi connectivity index (χ0n) is 9.40. The highest BCUT2D eigenvalue weighted by Crippen LogP contribution is 2.34. The van der Waals surface area contributed by atoms with Gasteiger partial charge < -0.3 is 0 Å². The maximum Gasteiger partial charge on any atom is 0.129 e. The minimum absolute atomic E-state index is 0.447. The van der Waals surface area contributed by atoms with Gasteiger partial charge >= 0.3 is 0 Å². The van der Waals surface area contributed by atoms with Crippen LogP contribution in [-0.4, -0.2) is 4.98 Å². The third-order valence-electron chi connectivity index (χ3n) is 2.90. The molecule has 2 aromatic carbocycles. The number of aromatic nitrogens is 1. The second kappa shape index (κ2) is 4.60. The summed E-state index contributed by atoms with van der Waals surface area (Å²) in [5, 5.41) is 3.39. The zero-order valence-corrected chi connectivity index (χ0v) is 10.9. The molecule has 0 amide bonds. The van der Waals surface area contributed by atoms with E-state index >= 15 is 0 Å². The molecule has 18 heavy (non-hydrogen) atoms. The molecule has 0 atom stereocenters. The van der Waals surface area contributed by atoms with Gasteiger partial charge in [0.05, 0.1) is 5.02 Å². The van der Waals surface area contributed by atoms with E-state index in [0.29, 0.717) is 10.2 Å². The van der Waals surface area contributed by atoms with E-state index in [1.807, 2.05) is 24.3 Å². The molecule has 0 aliphatic rings. The Kier molecular flexibility index (Phi) is 2.94. The predicted octanol–water partition coefficient (Wildman–Crippen LogP) is 5.21. The summed E-state index contributed by atoms with van der Waals surface area (Å²) in [5.74, 6) is 0. The molecule has 0 saturated heterocycles. The molecule has 3 aromatic rings. The van der Waals surface area contributed by atoms with Crippen LogP contribution < -0.4 is 0 Å². The Hall–Kier alpha value is -1.57. The minimum Gasteiger partial charge on any atom is -0.243 e. The molecule has 0 aliphatic heterocycles. The molecular formula is C15H9Cl2N. The number of nitrogens with zero attached hydrogens (tertiary/aromatic N) is 1. The van der Waals surface area contributed by atoms with Crippen LogP contribution >= 0.6 is 23.2 Å². The van der Waals surface area contributed by atoms with Gasteiger partial charge in [-0.15, -0.1) is 0 Å². The van der Waals surface area contributed by atoms with Gasteiger partial charge in [-0.25, -0.2) is 4.98 Å². The van der Waals surface area contributed by atoms with E-state index in [9.17, 15) is 0 Å². The van der Waals surface area contributed by atoms with Crippen LogP contribution in [0, 0.1) is 0 Å². The number of hydrogen-bond acceptors (Lipinski definition) is 1. The molecule has 3 heteroatoms. The highest BCUT2D eigenvalue weighted by atomic mass is 35.5. The monoisotopic (exact) mass is 273 g/mol. The van der Waals surface area contributed by atoms with Crippen LogP contribution in [0.5, 0.6) is 0 Å². The highest BCUT2D eigenvalue weighted by Gasteiger charge is 2.08. The van der Waals surface area contributed by atoms with Gasteiger partial charge in [0.1, 0.15) is 5.15 Å². The highest BCUT2D eigenvalue weighted by molar-refractivity contribution is 6.35. The number of hydrogen-bond donors (Lipinski definition) is 0. The maximum atomic E-state index is 6.21. The lowest BCUT2D eigenvalue weighted by molar-refractivity contribution is 1.33. The van der Waals surface area contributed by atoms with Crippen molar-refractivity contribution in [1.82, 2.24) is 4.98 Å². The summed E-state index contributed by atoms with van der Waals surface area (Å²) < 4.78 is 0. The SMILES string of the molecule is Clc1cc(-c2cccc3ccccc23)c(Cl)cn1. The molecule has 1 heterocycles. The Labute approximate surface area is 115 Å². The average molecular weight is 274 g/mol. The minimum atomic E-state index is 0.447. The van der Waals surface area contributed by atoms with Gasteiger partial charge in [-0.3, -0.25) is 0 Å². The molecule has 0 spiro atoms. The summed E-state index contributed by atoms with van der Waals surface area (Å²) in [7, 11) is 0. The fourth-order valence-corrected chi connectivity index (χ4v) is 2.44. The normalized spacial score (nSPS) is 10.8. The van der Waals surface area contributed by atoms with Crippen LogP contribution in [0.2, 0.25) is 10.2 Å². The number of halogens is 2. The Morgan fingerprint density at radius 2 is 1.61 bits per heavy atom. The predicted molar refractivity (Wildman–Crippen MR) is 77.2 cm³/mol. The van der Waals surface area contributed by atoms with Gasteiger partial charge in [-0.05, 0) is 22.4 Å². The van der Waals surface area contributed by atoms with Crippen LogP contribution in [0.25, 0.3) is 21.9 Å². The van der Waals surface area contributed by atoms with Gasteiger partial charge in [0.15, 0.2) is 0 Å². The maximum absolute atomic E-state index is 6.21. The van der Waals surface area contributed by atoms with E-state index in [-0.39, 0.29) is 0 Å². The third kappa shape index (κ3) is 1.96. The van der Waals surface area contributed by atoms with E-state index in [1.54, 1.807) is 12.3 Å². The lowest BCUT2D eigenvalue weighted by Crippen LogP contribution is -1.84. The van der Waals surface area contributed by atoms with E-state index < -0.39 is 0 Å². The van der Waals surface area contributed by atoms with Crippen LogP contribution in [0.15, 0.2) is 54.7 Å². The smallest absolute Gasteiger partial charge is 0.129 e. The molecule has 3 rings (SSSR count). The van der Waals surface area contributed by atoms with Crippen molar-refractivity contribution in [3.05, 3.63) is 64.9 Å². The van der Waals surface area contributed by atoms with Crippen molar-refractivity contribution in [1.29, 1.82) is 0 Å². The lowest BCUT2D eigenvalue weighted by Gasteiger charge is -2.08. The number of benzene rings is 2. The average Bonchev–Trinajstić information content (AvgIpc) is 2.41. The first-order chi connectivity index (χ1) is 8.75. The summed E-state index contributed by atoms with van der Waals surface area (Å²) in [6.07, 6.45) is 1.58. The van der Waals surface area contributed by atoms with Crippen LogP contribution in [-0.2, 0) is 0 Å². The third-order valence-corrected chi connectivity index (χ3v) is 3.41. The molecule has 0 saturated carbocycles. The molecule has 0 radical (unpaired) electrons. The summed E-state index contributed by atoms with van der Waals surface area (Å²) in [5.41, 5.74) is 1.98. The number of fused-ring (bicyclic) bond motifs is 1. The number of rotatable bonds is 1. The first-order valence-electron chi connectivity index (χ1n) is 5.55. The molecular weight excluding hydrogens is 265 g/mol. The van der Waals surface area contributed by atoms with Gasteiger partial charge in [0.25, 0.3) is 0 Å². The summed E-state index contributed by atoms with van der Waals surface area (Å²) >= 11 is 12.2. The second-order valence-electron chi connectivity index (χ2n) is 4.01. The largest absolute Gasteiger partial charge is 0.243 e. The molecule has 0 bridgehead atoms. The van der Waals surface area contributed by atoms with Gasteiger partial charge in [0, 0.05) is 11.8 Å². The van der Waals surface area contributed by atoms with Crippen molar-refractivity contribution < 1.29 is 0 Å². The Balaban J connectivity index is 2.35. The second-order valence-corrected chi connectivity index (χ2v) is 4.81. The van der Waals surface area contributed by atoms with Crippen molar-refractivity contribution in [2.45, 2.75) is 0 Å².